The van der Waals surface area contributed by atoms with E-state index < -0.39 is 11.7 Å². The van der Waals surface area contributed by atoms with Crippen LogP contribution < -0.4 is 10.6 Å². The Morgan fingerprint density at radius 2 is 1.90 bits per heavy atom. The maximum atomic E-state index is 12.8. The number of nitrogens with two attached hydrogens (primary N) is 1. The molecule has 1 aromatic rings. The van der Waals surface area contributed by atoms with E-state index in [0.717, 1.165) is 43.6 Å². The minimum Gasteiger partial charge on any atom is -0.372 e. The van der Waals surface area contributed by atoms with Crippen molar-refractivity contribution in [1.82, 2.24) is 0 Å². The van der Waals surface area contributed by atoms with Crippen LogP contribution in [0.5, 0.6) is 0 Å². The third-order valence-electron chi connectivity index (χ3n) is 4.17. The Balaban J connectivity index is 2.18. The van der Waals surface area contributed by atoms with Gasteiger partial charge >= 0.3 is 6.18 Å². The minimum atomic E-state index is -4.33. The molecule has 1 aliphatic rings. The zero-order valence-corrected chi connectivity index (χ0v) is 11.7. The molecule has 0 spiro atoms. The highest BCUT2D eigenvalue weighted by Gasteiger charge is 2.33. The van der Waals surface area contributed by atoms with Crippen LogP contribution in [0.25, 0.3) is 0 Å². The van der Waals surface area contributed by atoms with Crippen LogP contribution >= 0.6 is 0 Å². The predicted octanol–water partition coefficient (Wildman–Crippen LogP) is 3.79. The first kappa shape index (κ1) is 15.2. The maximum absolute atomic E-state index is 12.8. The van der Waals surface area contributed by atoms with E-state index in [4.69, 9.17) is 5.73 Å². The molecule has 112 valence electrons. The van der Waals surface area contributed by atoms with Gasteiger partial charge in [0, 0.05) is 25.3 Å². The molecule has 0 saturated carbocycles. The number of halogens is 3. The number of hydrogen-bond donors (Lipinski definition) is 1. The molecule has 2 nitrogen and oxygen atoms in total. The molecule has 0 amide bonds. The Kier molecular flexibility index (Phi) is 4.58. The zero-order valence-electron chi connectivity index (χ0n) is 11.7. The van der Waals surface area contributed by atoms with Crippen molar-refractivity contribution < 1.29 is 13.2 Å². The van der Waals surface area contributed by atoms with Gasteiger partial charge in [-0.15, -0.1) is 0 Å². The molecule has 0 bridgehead atoms. The predicted molar refractivity (Wildman–Crippen MR) is 74.6 cm³/mol. The van der Waals surface area contributed by atoms with Crippen molar-refractivity contribution in [2.24, 2.45) is 11.7 Å². The number of hydrogen-bond acceptors (Lipinski definition) is 2. The normalized spacial score (nSPS) is 17.6. The second-order valence-electron chi connectivity index (χ2n) is 5.38. The van der Waals surface area contributed by atoms with Gasteiger partial charge in [0.15, 0.2) is 0 Å². The molecule has 0 unspecified atom stereocenters. The van der Waals surface area contributed by atoms with Crippen molar-refractivity contribution in [3.63, 3.8) is 0 Å². The SMILES string of the molecule is CCC1CCN(c2ccc(C(F)(F)F)c(CN)c2)CC1. The van der Waals surface area contributed by atoms with Gasteiger partial charge < -0.3 is 10.6 Å². The summed E-state index contributed by atoms with van der Waals surface area (Å²) in [6.45, 7) is 3.92. The van der Waals surface area contributed by atoms with Crippen LogP contribution in [0.2, 0.25) is 0 Å². The van der Waals surface area contributed by atoms with Gasteiger partial charge in [0.2, 0.25) is 0 Å². The van der Waals surface area contributed by atoms with E-state index >= 15 is 0 Å². The lowest BCUT2D eigenvalue weighted by atomic mass is 9.94. The van der Waals surface area contributed by atoms with Crippen molar-refractivity contribution in [2.45, 2.75) is 38.9 Å². The van der Waals surface area contributed by atoms with Gasteiger partial charge in [0.05, 0.1) is 5.56 Å². The molecule has 2 N–H and O–H groups in total. The lowest BCUT2D eigenvalue weighted by molar-refractivity contribution is -0.138. The van der Waals surface area contributed by atoms with Crippen LogP contribution in [-0.4, -0.2) is 13.1 Å². The second kappa shape index (κ2) is 6.04. The van der Waals surface area contributed by atoms with E-state index in [-0.39, 0.29) is 12.1 Å². The van der Waals surface area contributed by atoms with Crippen molar-refractivity contribution in [3.05, 3.63) is 29.3 Å². The molecule has 0 aromatic heterocycles. The lowest BCUT2D eigenvalue weighted by Gasteiger charge is -2.33. The molecule has 0 atom stereocenters. The molecule has 0 aliphatic carbocycles. The Morgan fingerprint density at radius 3 is 2.40 bits per heavy atom. The van der Waals surface area contributed by atoms with Crippen molar-refractivity contribution in [3.8, 4) is 0 Å². The van der Waals surface area contributed by atoms with E-state index in [1.165, 1.54) is 6.42 Å². The summed E-state index contributed by atoms with van der Waals surface area (Å²) in [5.41, 5.74) is 5.88. The first-order valence-electron chi connectivity index (χ1n) is 7.10. The summed E-state index contributed by atoms with van der Waals surface area (Å²) in [4.78, 5) is 2.16. The fraction of sp³-hybridized carbons (Fsp3) is 0.600. The molecule has 1 saturated heterocycles. The average molecular weight is 286 g/mol. The molecule has 1 fully saturated rings. The number of benzene rings is 1. The van der Waals surface area contributed by atoms with Crippen LogP contribution in [0.3, 0.4) is 0 Å². The third-order valence-corrected chi connectivity index (χ3v) is 4.17. The van der Waals surface area contributed by atoms with Crippen LogP contribution in [-0.2, 0) is 12.7 Å². The summed E-state index contributed by atoms with van der Waals surface area (Å²) in [6, 6.07) is 4.31. The van der Waals surface area contributed by atoms with Gasteiger partial charge in [-0.2, -0.15) is 13.2 Å². The first-order chi connectivity index (χ1) is 9.45. The second-order valence-corrected chi connectivity index (χ2v) is 5.38. The Hall–Kier alpha value is -1.23. The summed E-state index contributed by atoms with van der Waals surface area (Å²) in [7, 11) is 0. The summed E-state index contributed by atoms with van der Waals surface area (Å²) < 4.78 is 38.5. The minimum absolute atomic E-state index is 0.0892. The fourth-order valence-corrected chi connectivity index (χ4v) is 2.82. The summed E-state index contributed by atoms with van der Waals surface area (Å²) >= 11 is 0. The zero-order chi connectivity index (χ0) is 14.8. The molecular formula is C15H21F3N2. The van der Waals surface area contributed by atoms with Gasteiger partial charge in [-0.1, -0.05) is 13.3 Å². The smallest absolute Gasteiger partial charge is 0.372 e. The Morgan fingerprint density at radius 1 is 1.25 bits per heavy atom. The largest absolute Gasteiger partial charge is 0.416 e. The van der Waals surface area contributed by atoms with Gasteiger partial charge in [-0.05, 0) is 42.5 Å². The topological polar surface area (TPSA) is 29.3 Å². The quantitative estimate of drug-likeness (QED) is 0.916. The van der Waals surface area contributed by atoms with E-state index in [1.807, 2.05) is 0 Å². The van der Waals surface area contributed by atoms with Crippen LogP contribution in [0.4, 0.5) is 18.9 Å². The van der Waals surface area contributed by atoms with Crippen molar-refractivity contribution in [1.29, 1.82) is 0 Å². The van der Waals surface area contributed by atoms with Gasteiger partial charge in [0.1, 0.15) is 0 Å². The van der Waals surface area contributed by atoms with Crippen molar-refractivity contribution >= 4 is 5.69 Å². The number of nitrogens with zero attached hydrogens (tertiary/aromatic N) is 1. The molecule has 20 heavy (non-hydrogen) atoms. The summed E-state index contributed by atoms with van der Waals surface area (Å²) in [5, 5.41) is 0. The van der Waals surface area contributed by atoms with Crippen LogP contribution in [0.1, 0.15) is 37.3 Å². The number of piperidine rings is 1. The summed E-state index contributed by atoms with van der Waals surface area (Å²) in [6.07, 6.45) is -0.942. The molecule has 2 rings (SSSR count). The first-order valence-corrected chi connectivity index (χ1v) is 7.10. The highest BCUT2D eigenvalue weighted by Crippen LogP contribution is 2.34. The highest BCUT2D eigenvalue weighted by molar-refractivity contribution is 5.52. The standard InChI is InChI=1S/C15H21F3N2/c1-2-11-5-7-20(8-6-11)13-3-4-14(15(16,17)18)12(9-13)10-19/h3-4,9,11H,2,5-8,10,19H2,1H3. The van der Waals surface area contributed by atoms with E-state index in [0.29, 0.717) is 0 Å². The number of rotatable bonds is 3. The fourth-order valence-electron chi connectivity index (χ4n) is 2.82. The third kappa shape index (κ3) is 3.26. The Bertz CT molecular complexity index is 449. The van der Waals surface area contributed by atoms with E-state index in [2.05, 4.69) is 11.8 Å². The highest BCUT2D eigenvalue weighted by atomic mass is 19.4. The average Bonchev–Trinajstić information content (AvgIpc) is 2.45. The molecule has 5 heteroatoms. The Labute approximate surface area is 117 Å². The van der Waals surface area contributed by atoms with Gasteiger partial charge in [0.25, 0.3) is 0 Å². The monoisotopic (exact) mass is 286 g/mol. The van der Waals surface area contributed by atoms with Crippen LogP contribution in [0.15, 0.2) is 18.2 Å². The van der Waals surface area contributed by atoms with Gasteiger partial charge in [-0.3, -0.25) is 0 Å². The number of anilines is 1. The van der Waals surface area contributed by atoms with E-state index in [9.17, 15) is 13.2 Å². The van der Waals surface area contributed by atoms with Crippen molar-refractivity contribution in [2.75, 3.05) is 18.0 Å². The van der Waals surface area contributed by atoms with Crippen LogP contribution in [0, 0.1) is 5.92 Å². The summed E-state index contributed by atoms with van der Waals surface area (Å²) in [5.74, 6) is 0.745. The maximum Gasteiger partial charge on any atom is 0.416 e. The molecule has 0 radical (unpaired) electrons. The van der Waals surface area contributed by atoms with Gasteiger partial charge in [-0.25, -0.2) is 0 Å². The number of alkyl halides is 3. The molecule has 1 heterocycles. The lowest BCUT2D eigenvalue weighted by Crippen LogP contribution is -2.33. The molecular weight excluding hydrogens is 265 g/mol. The molecule has 1 aromatic carbocycles. The molecule has 1 aliphatic heterocycles. The van der Waals surface area contributed by atoms with E-state index in [1.54, 1.807) is 12.1 Å².